The Labute approximate surface area is 136 Å². The minimum Gasteiger partial charge on any atom is -0.338 e. The summed E-state index contributed by atoms with van der Waals surface area (Å²) < 4.78 is 25.8. The molecule has 5 heteroatoms. The molecule has 0 unspecified atom stereocenters. The fourth-order valence-corrected chi connectivity index (χ4v) is 3.17. The lowest BCUT2D eigenvalue weighted by molar-refractivity contribution is 0.602. The van der Waals surface area contributed by atoms with Crippen molar-refractivity contribution in [3.8, 4) is 22.4 Å². The second-order valence-corrected chi connectivity index (χ2v) is 7.65. The molecule has 0 fully saturated rings. The Kier molecular flexibility index (Phi) is 3.82. The van der Waals surface area contributed by atoms with Gasteiger partial charge in [-0.25, -0.2) is 13.4 Å². The van der Waals surface area contributed by atoms with Gasteiger partial charge in [-0.3, -0.25) is 0 Å². The first kappa shape index (κ1) is 15.5. The predicted molar refractivity (Wildman–Crippen MR) is 91.9 cm³/mol. The Hall–Kier alpha value is -2.40. The average Bonchev–Trinajstić information content (AvgIpc) is 2.86. The van der Waals surface area contributed by atoms with Crippen molar-refractivity contribution in [3.05, 3.63) is 60.6 Å². The number of nitrogens with zero attached hydrogens (tertiary/aromatic N) is 2. The van der Waals surface area contributed by atoms with Crippen molar-refractivity contribution in [2.24, 2.45) is 7.05 Å². The first-order valence-corrected chi connectivity index (χ1v) is 9.15. The third-order valence-electron chi connectivity index (χ3n) is 3.89. The van der Waals surface area contributed by atoms with E-state index in [1.165, 1.54) is 6.26 Å². The summed E-state index contributed by atoms with van der Waals surface area (Å²) in [5.41, 5.74) is 3.60. The number of benzene rings is 2. The normalized spacial score (nSPS) is 11.6. The molecule has 1 aromatic heterocycles. The zero-order valence-electron chi connectivity index (χ0n) is 13.3. The van der Waals surface area contributed by atoms with Crippen molar-refractivity contribution in [2.45, 2.75) is 11.8 Å². The monoisotopic (exact) mass is 326 g/mol. The summed E-state index contributed by atoms with van der Waals surface area (Å²) in [6.07, 6.45) is 3.18. The maximum Gasteiger partial charge on any atom is 0.175 e. The second-order valence-electron chi connectivity index (χ2n) is 5.63. The molecule has 4 nitrogen and oxygen atoms in total. The molecule has 1 heterocycles. The summed E-state index contributed by atoms with van der Waals surface area (Å²) in [6, 6.07) is 15.0. The highest BCUT2D eigenvalue weighted by atomic mass is 32.2. The maximum absolute atomic E-state index is 11.9. The van der Waals surface area contributed by atoms with Gasteiger partial charge in [-0.15, -0.1) is 0 Å². The Balaban J connectivity index is 2.27. The van der Waals surface area contributed by atoms with Crippen molar-refractivity contribution < 1.29 is 8.42 Å². The smallest absolute Gasteiger partial charge is 0.175 e. The van der Waals surface area contributed by atoms with E-state index in [9.17, 15) is 8.42 Å². The summed E-state index contributed by atoms with van der Waals surface area (Å²) in [5, 5.41) is 0. The van der Waals surface area contributed by atoms with Gasteiger partial charge in [0.15, 0.2) is 9.84 Å². The Morgan fingerprint density at radius 2 is 1.70 bits per heavy atom. The molecule has 0 amide bonds. The van der Waals surface area contributed by atoms with Gasteiger partial charge in [0.2, 0.25) is 0 Å². The molecule has 0 aliphatic carbocycles. The number of sulfone groups is 1. The van der Waals surface area contributed by atoms with Gasteiger partial charge in [-0.2, -0.15) is 0 Å². The minimum absolute atomic E-state index is 0.313. The molecule has 0 bridgehead atoms. The first-order chi connectivity index (χ1) is 10.9. The van der Waals surface area contributed by atoms with Crippen LogP contribution in [-0.2, 0) is 16.9 Å². The maximum atomic E-state index is 11.9. The number of aromatic nitrogens is 2. The van der Waals surface area contributed by atoms with Crippen LogP contribution in [0.15, 0.2) is 59.6 Å². The van der Waals surface area contributed by atoms with E-state index >= 15 is 0 Å². The van der Waals surface area contributed by atoms with E-state index in [0.29, 0.717) is 4.90 Å². The molecule has 3 aromatic rings. The lowest BCUT2D eigenvalue weighted by Crippen LogP contribution is -1.98. The molecule has 2 aromatic carbocycles. The van der Waals surface area contributed by atoms with Gasteiger partial charge in [0.05, 0.1) is 10.6 Å². The van der Waals surface area contributed by atoms with Crippen LogP contribution < -0.4 is 0 Å². The lowest BCUT2D eigenvalue weighted by atomic mass is 9.98. The van der Waals surface area contributed by atoms with Crippen LogP contribution >= 0.6 is 0 Å². The number of hydrogen-bond acceptors (Lipinski definition) is 3. The lowest BCUT2D eigenvalue weighted by Gasteiger charge is -2.10. The van der Waals surface area contributed by atoms with Crippen LogP contribution in [0.4, 0.5) is 0 Å². The molecule has 0 radical (unpaired) electrons. The quantitative estimate of drug-likeness (QED) is 0.740. The van der Waals surface area contributed by atoms with Crippen LogP contribution in [-0.4, -0.2) is 24.2 Å². The zero-order valence-corrected chi connectivity index (χ0v) is 14.1. The molecular formula is C18H18N2O2S. The first-order valence-electron chi connectivity index (χ1n) is 7.26. The van der Waals surface area contributed by atoms with Crippen molar-refractivity contribution in [2.75, 3.05) is 6.26 Å². The number of imidazole rings is 1. The van der Waals surface area contributed by atoms with Gasteiger partial charge < -0.3 is 4.57 Å². The number of hydrogen-bond donors (Lipinski definition) is 0. The van der Waals surface area contributed by atoms with Gasteiger partial charge in [-0.1, -0.05) is 36.4 Å². The van der Waals surface area contributed by atoms with Crippen molar-refractivity contribution in [1.29, 1.82) is 0 Å². The summed E-state index contributed by atoms with van der Waals surface area (Å²) in [7, 11) is -1.32. The van der Waals surface area contributed by atoms with Crippen LogP contribution in [0.1, 0.15) is 5.82 Å². The molecule has 118 valence electrons. The highest BCUT2D eigenvalue weighted by Gasteiger charge is 2.15. The van der Waals surface area contributed by atoms with Crippen LogP contribution in [0.3, 0.4) is 0 Å². The SMILES string of the molecule is Cc1nc(-c2ccc(S(C)(=O)=O)cc2-c2ccccc2)cn1C. The molecule has 23 heavy (non-hydrogen) atoms. The molecule has 0 aliphatic rings. The van der Waals surface area contributed by atoms with Crippen molar-refractivity contribution in [1.82, 2.24) is 9.55 Å². The topological polar surface area (TPSA) is 52.0 Å². The van der Waals surface area contributed by atoms with Crippen molar-refractivity contribution >= 4 is 9.84 Å². The van der Waals surface area contributed by atoms with Crippen molar-refractivity contribution in [3.63, 3.8) is 0 Å². The van der Waals surface area contributed by atoms with Crippen LogP contribution in [0, 0.1) is 6.92 Å². The van der Waals surface area contributed by atoms with Gasteiger partial charge in [0.25, 0.3) is 0 Å². The Bertz CT molecular complexity index is 938. The molecule has 0 aliphatic heterocycles. The van der Waals surface area contributed by atoms with Gasteiger partial charge in [0.1, 0.15) is 5.82 Å². The standard InChI is InChI=1S/C18H18N2O2S/c1-13-19-18(12-20(13)2)16-10-9-15(23(3,21)22)11-17(16)14-7-5-4-6-8-14/h4-12H,1-3H3. The third kappa shape index (κ3) is 3.05. The summed E-state index contributed by atoms with van der Waals surface area (Å²) in [6.45, 7) is 1.94. The van der Waals surface area contributed by atoms with Crippen LogP contribution in [0.2, 0.25) is 0 Å². The second kappa shape index (κ2) is 5.66. The van der Waals surface area contributed by atoms with Gasteiger partial charge in [0, 0.05) is 25.1 Å². The minimum atomic E-state index is -3.26. The molecule has 0 N–H and O–H groups in total. The van der Waals surface area contributed by atoms with E-state index in [4.69, 9.17) is 0 Å². The molecule has 0 saturated heterocycles. The molecule has 0 atom stereocenters. The van der Waals surface area contributed by atoms with E-state index in [2.05, 4.69) is 4.98 Å². The summed E-state index contributed by atoms with van der Waals surface area (Å²) in [4.78, 5) is 4.88. The van der Waals surface area contributed by atoms with Crippen LogP contribution in [0.5, 0.6) is 0 Å². The summed E-state index contributed by atoms with van der Waals surface area (Å²) in [5.74, 6) is 0.909. The highest BCUT2D eigenvalue weighted by Crippen LogP contribution is 2.33. The zero-order chi connectivity index (χ0) is 16.6. The predicted octanol–water partition coefficient (Wildman–Crippen LogP) is 3.47. The van der Waals surface area contributed by atoms with E-state index in [0.717, 1.165) is 28.2 Å². The third-order valence-corrected chi connectivity index (χ3v) is 5.00. The van der Waals surface area contributed by atoms with E-state index in [-0.39, 0.29) is 0 Å². The highest BCUT2D eigenvalue weighted by molar-refractivity contribution is 7.90. The Morgan fingerprint density at radius 3 is 2.26 bits per heavy atom. The number of rotatable bonds is 3. The fourth-order valence-electron chi connectivity index (χ4n) is 2.52. The van der Waals surface area contributed by atoms with E-state index in [1.807, 2.05) is 61.1 Å². The molecule has 3 rings (SSSR count). The van der Waals surface area contributed by atoms with Gasteiger partial charge in [-0.05, 0) is 30.2 Å². The molecule has 0 saturated carbocycles. The average molecular weight is 326 g/mol. The molecule has 0 spiro atoms. The largest absolute Gasteiger partial charge is 0.338 e. The Morgan fingerprint density at radius 1 is 1.00 bits per heavy atom. The van der Waals surface area contributed by atoms with Gasteiger partial charge >= 0.3 is 0 Å². The molecular weight excluding hydrogens is 308 g/mol. The van der Waals surface area contributed by atoms with E-state index in [1.54, 1.807) is 12.1 Å². The number of aryl methyl sites for hydroxylation is 2. The summed E-state index contributed by atoms with van der Waals surface area (Å²) >= 11 is 0. The fraction of sp³-hybridized carbons (Fsp3) is 0.167. The van der Waals surface area contributed by atoms with E-state index < -0.39 is 9.84 Å². The van der Waals surface area contributed by atoms with Crippen LogP contribution in [0.25, 0.3) is 22.4 Å².